The van der Waals surface area contributed by atoms with Gasteiger partial charge in [0, 0.05) is 24.2 Å². The zero-order chi connectivity index (χ0) is 17.6. The Kier molecular flexibility index (Phi) is 5.68. The van der Waals surface area contributed by atoms with Crippen LogP contribution in [-0.4, -0.2) is 36.0 Å². The zero-order valence-electron chi connectivity index (χ0n) is 14.6. The minimum Gasteiger partial charge on any atom is -0.349 e. The van der Waals surface area contributed by atoms with E-state index in [9.17, 15) is 4.79 Å². The minimum absolute atomic E-state index is 0.0377. The summed E-state index contributed by atoms with van der Waals surface area (Å²) in [5.41, 5.74) is 1.87. The number of rotatable bonds is 7. The highest BCUT2D eigenvalue weighted by molar-refractivity contribution is 7.10. The van der Waals surface area contributed by atoms with Gasteiger partial charge in [-0.2, -0.15) is 0 Å². The number of thiophene rings is 1. The molecule has 1 unspecified atom stereocenters. The van der Waals surface area contributed by atoms with Crippen LogP contribution in [0.25, 0.3) is 0 Å². The summed E-state index contributed by atoms with van der Waals surface area (Å²) in [5.74, 6) is -0.0377. The van der Waals surface area contributed by atoms with Crippen molar-refractivity contribution in [1.29, 1.82) is 0 Å². The van der Waals surface area contributed by atoms with Gasteiger partial charge in [-0.1, -0.05) is 36.4 Å². The molecule has 2 heterocycles. The SMILES string of the molecule is CN(C)C(CNC(=O)c1cccn1Cc1ccccc1)c1cccs1. The van der Waals surface area contributed by atoms with Crippen LogP contribution in [0.5, 0.6) is 0 Å². The van der Waals surface area contributed by atoms with Crippen LogP contribution in [-0.2, 0) is 6.54 Å². The molecule has 0 saturated heterocycles. The van der Waals surface area contributed by atoms with E-state index in [1.54, 1.807) is 11.3 Å². The van der Waals surface area contributed by atoms with Crippen LogP contribution in [0.15, 0.2) is 66.2 Å². The molecule has 2 aromatic heterocycles. The van der Waals surface area contributed by atoms with Crippen LogP contribution in [0.1, 0.15) is 27.0 Å². The van der Waals surface area contributed by atoms with E-state index in [4.69, 9.17) is 0 Å². The van der Waals surface area contributed by atoms with Gasteiger partial charge in [0.1, 0.15) is 5.69 Å². The fourth-order valence-corrected chi connectivity index (χ4v) is 3.76. The van der Waals surface area contributed by atoms with Crippen molar-refractivity contribution in [3.8, 4) is 0 Å². The van der Waals surface area contributed by atoms with Gasteiger partial charge in [0.25, 0.3) is 5.91 Å². The maximum absolute atomic E-state index is 12.7. The second kappa shape index (κ2) is 8.14. The predicted octanol–water partition coefficient (Wildman–Crippen LogP) is 3.63. The lowest BCUT2D eigenvalue weighted by molar-refractivity contribution is 0.0933. The second-order valence-electron chi connectivity index (χ2n) is 6.21. The Morgan fingerprint density at radius 2 is 1.92 bits per heavy atom. The lowest BCUT2D eigenvalue weighted by atomic mass is 10.2. The first kappa shape index (κ1) is 17.5. The van der Waals surface area contributed by atoms with E-state index < -0.39 is 0 Å². The summed E-state index contributed by atoms with van der Waals surface area (Å²) in [5, 5.41) is 5.15. The summed E-state index contributed by atoms with van der Waals surface area (Å²) in [6.45, 7) is 1.28. The van der Waals surface area contributed by atoms with Crippen LogP contribution in [0.4, 0.5) is 0 Å². The van der Waals surface area contributed by atoms with E-state index in [-0.39, 0.29) is 11.9 Å². The van der Waals surface area contributed by atoms with E-state index in [1.165, 1.54) is 10.4 Å². The van der Waals surface area contributed by atoms with Crippen molar-refractivity contribution in [2.24, 2.45) is 0 Å². The highest BCUT2D eigenvalue weighted by Crippen LogP contribution is 2.22. The van der Waals surface area contributed by atoms with Gasteiger partial charge in [-0.15, -0.1) is 11.3 Å². The molecule has 1 N–H and O–H groups in total. The standard InChI is InChI=1S/C20H23N3OS/c1-22(2)18(19-11-7-13-25-19)14-21-20(24)17-10-6-12-23(17)15-16-8-4-3-5-9-16/h3-13,18H,14-15H2,1-2H3,(H,21,24). The van der Waals surface area contributed by atoms with Crippen LogP contribution < -0.4 is 5.32 Å². The second-order valence-corrected chi connectivity index (χ2v) is 7.19. The van der Waals surface area contributed by atoms with Crippen molar-refractivity contribution in [2.75, 3.05) is 20.6 Å². The monoisotopic (exact) mass is 353 g/mol. The topological polar surface area (TPSA) is 37.3 Å². The molecule has 1 amide bonds. The van der Waals surface area contributed by atoms with Crippen molar-refractivity contribution < 1.29 is 4.79 Å². The van der Waals surface area contributed by atoms with Crippen molar-refractivity contribution in [3.63, 3.8) is 0 Å². The average Bonchev–Trinajstić information content (AvgIpc) is 3.27. The average molecular weight is 353 g/mol. The normalized spacial score (nSPS) is 12.3. The maximum Gasteiger partial charge on any atom is 0.267 e. The lowest BCUT2D eigenvalue weighted by Gasteiger charge is -2.23. The molecule has 0 spiro atoms. The van der Waals surface area contributed by atoms with Crippen LogP contribution in [0.3, 0.4) is 0 Å². The van der Waals surface area contributed by atoms with Crippen LogP contribution in [0.2, 0.25) is 0 Å². The van der Waals surface area contributed by atoms with E-state index in [0.717, 1.165) is 0 Å². The third-order valence-electron chi connectivity index (χ3n) is 4.21. The van der Waals surface area contributed by atoms with Crippen molar-refractivity contribution in [3.05, 3.63) is 82.3 Å². The smallest absolute Gasteiger partial charge is 0.267 e. The van der Waals surface area contributed by atoms with Gasteiger partial charge in [0.15, 0.2) is 0 Å². The first-order chi connectivity index (χ1) is 12.1. The summed E-state index contributed by atoms with van der Waals surface area (Å²) < 4.78 is 1.99. The molecular weight excluding hydrogens is 330 g/mol. The number of nitrogens with one attached hydrogen (secondary N) is 1. The quantitative estimate of drug-likeness (QED) is 0.704. The number of carbonyl (C=O) groups is 1. The molecule has 1 aromatic carbocycles. The number of aromatic nitrogens is 1. The Bertz CT molecular complexity index is 793. The molecule has 5 heteroatoms. The molecule has 0 fully saturated rings. The fourth-order valence-electron chi connectivity index (χ4n) is 2.84. The number of nitrogens with zero attached hydrogens (tertiary/aromatic N) is 2. The molecule has 130 valence electrons. The number of likely N-dealkylation sites (N-methyl/N-ethyl adjacent to an activating group) is 1. The summed E-state index contributed by atoms with van der Waals surface area (Å²) >= 11 is 1.72. The van der Waals surface area contributed by atoms with E-state index in [1.807, 2.05) is 61.3 Å². The van der Waals surface area contributed by atoms with Crippen molar-refractivity contribution in [1.82, 2.24) is 14.8 Å². The maximum atomic E-state index is 12.7. The highest BCUT2D eigenvalue weighted by atomic mass is 32.1. The third kappa shape index (κ3) is 4.38. The molecule has 1 atom stereocenters. The zero-order valence-corrected chi connectivity index (χ0v) is 15.4. The molecular formula is C20H23N3OS. The third-order valence-corrected chi connectivity index (χ3v) is 5.18. The lowest BCUT2D eigenvalue weighted by Crippen LogP contribution is -2.35. The Hall–Kier alpha value is -2.37. The van der Waals surface area contributed by atoms with Gasteiger partial charge in [-0.05, 0) is 43.2 Å². The fraction of sp³-hybridized carbons (Fsp3) is 0.250. The molecule has 0 bridgehead atoms. The van der Waals surface area contributed by atoms with Crippen LogP contribution in [0, 0.1) is 0 Å². The largest absolute Gasteiger partial charge is 0.349 e. The van der Waals surface area contributed by atoms with E-state index >= 15 is 0 Å². The molecule has 0 radical (unpaired) electrons. The first-order valence-electron chi connectivity index (χ1n) is 8.32. The predicted molar refractivity (Wildman–Crippen MR) is 103 cm³/mol. The van der Waals surface area contributed by atoms with Gasteiger partial charge in [-0.25, -0.2) is 0 Å². The molecule has 25 heavy (non-hydrogen) atoms. The molecule has 3 rings (SSSR count). The molecule has 0 saturated carbocycles. The highest BCUT2D eigenvalue weighted by Gasteiger charge is 2.18. The van der Waals surface area contributed by atoms with Gasteiger partial charge >= 0.3 is 0 Å². The minimum atomic E-state index is -0.0377. The molecule has 0 aliphatic rings. The molecule has 4 nitrogen and oxygen atoms in total. The van der Waals surface area contributed by atoms with E-state index in [2.05, 4.69) is 33.8 Å². The first-order valence-corrected chi connectivity index (χ1v) is 9.20. The summed E-state index contributed by atoms with van der Waals surface area (Å²) in [6.07, 6.45) is 1.95. The molecule has 3 aromatic rings. The molecule has 0 aliphatic heterocycles. The van der Waals surface area contributed by atoms with Gasteiger partial charge in [0.05, 0.1) is 6.04 Å². The van der Waals surface area contributed by atoms with Crippen LogP contribution >= 0.6 is 11.3 Å². The van der Waals surface area contributed by atoms with Gasteiger partial charge in [-0.3, -0.25) is 4.79 Å². The van der Waals surface area contributed by atoms with E-state index in [0.29, 0.717) is 18.8 Å². The number of benzene rings is 1. The number of hydrogen-bond donors (Lipinski definition) is 1. The Labute approximate surface area is 152 Å². The van der Waals surface area contributed by atoms with Gasteiger partial charge in [0.2, 0.25) is 0 Å². The Balaban J connectivity index is 1.67. The Morgan fingerprint density at radius 3 is 2.60 bits per heavy atom. The van der Waals surface area contributed by atoms with Gasteiger partial charge < -0.3 is 14.8 Å². The summed E-state index contributed by atoms with van der Waals surface area (Å²) in [4.78, 5) is 16.1. The summed E-state index contributed by atoms with van der Waals surface area (Å²) in [7, 11) is 4.07. The number of amides is 1. The summed E-state index contributed by atoms with van der Waals surface area (Å²) in [6, 6.07) is 18.3. The molecule has 0 aliphatic carbocycles. The number of hydrogen-bond acceptors (Lipinski definition) is 3. The number of carbonyl (C=O) groups excluding carboxylic acids is 1. The van der Waals surface area contributed by atoms with Crippen molar-refractivity contribution in [2.45, 2.75) is 12.6 Å². The Morgan fingerprint density at radius 1 is 1.12 bits per heavy atom. The van der Waals surface area contributed by atoms with Crippen molar-refractivity contribution >= 4 is 17.2 Å².